The Balaban J connectivity index is 0. The molecule has 0 unspecified atom stereocenters. The van der Waals surface area contributed by atoms with E-state index in [1.54, 1.807) is 0 Å². The van der Waals surface area contributed by atoms with E-state index in [2.05, 4.69) is 36.5 Å². The highest BCUT2D eigenvalue weighted by Crippen LogP contribution is 2.10. The first kappa shape index (κ1) is 25.0. The zero-order valence-corrected chi connectivity index (χ0v) is 15.6. The number of nitrogens with one attached hydrogen (secondary N) is 1. The van der Waals surface area contributed by atoms with Gasteiger partial charge in [0.2, 0.25) is 0 Å². The third-order valence-electron chi connectivity index (χ3n) is 3.68. The summed E-state index contributed by atoms with van der Waals surface area (Å²) in [7, 11) is 1.00. The number of aliphatic hydroxyl groups is 2. The summed E-state index contributed by atoms with van der Waals surface area (Å²) in [5.74, 6) is 0. The maximum absolute atomic E-state index is 8.70. The molecule has 1 aromatic rings. The van der Waals surface area contributed by atoms with Crippen molar-refractivity contribution in [1.82, 2.24) is 5.32 Å². The van der Waals surface area contributed by atoms with Gasteiger partial charge in [0, 0.05) is 20.3 Å². The monoisotopic (exact) mass is 339 g/mol. The highest BCUT2D eigenvalue weighted by atomic mass is 16.3. The first-order valence-electron chi connectivity index (χ1n) is 8.99. The van der Waals surface area contributed by atoms with Crippen molar-refractivity contribution < 1.29 is 15.0 Å². The second kappa shape index (κ2) is 21.8. The minimum Gasteiger partial charge on any atom is -0.400 e. The van der Waals surface area contributed by atoms with E-state index in [0.717, 1.165) is 33.0 Å². The Morgan fingerprint density at radius 3 is 2.04 bits per heavy atom. The number of hydrogen-bond acceptors (Lipinski definition) is 4. The Hall–Kier alpha value is -1.23. The summed E-state index contributed by atoms with van der Waals surface area (Å²) >= 11 is 0. The number of hydrogen-bond donors (Lipinski definition) is 3. The summed E-state index contributed by atoms with van der Waals surface area (Å²) in [5.41, 5.74) is 2.81. The fourth-order valence-corrected chi connectivity index (χ4v) is 2.35. The van der Waals surface area contributed by atoms with E-state index in [4.69, 9.17) is 15.0 Å². The molecule has 0 fully saturated rings. The topological polar surface area (TPSA) is 69.6 Å². The fourth-order valence-electron chi connectivity index (χ4n) is 2.35. The molecule has 24 heavy (non-hydrogen) atoms. The van der Waals surface area contributed by atoms with Crippen LogP contribution in [0.4, 0.5) is 0 Å². The molecule has 4 heteroatoms. The smallest absolute Gasteiger partial charge is 0.106 e. The van der Waals surface area contributed by atoms with Crippen LogP contribution in [-0.4, -0.2) is 37.3 Å². The molecule has 0 radical (unpaired) electrons. The molecule has 1 rings (SSSR count). The van der Waals surface area contributed by atoms with E-state index in [0.29, 0.717) is 6.61 Å². The van der Waals surface area contributed by atoms with Gasteiger partial charge < -0.3 is 20.3 Å². The van der Waals surface area contributed by atoms with Crippen molar-refractivity contribution in [3.8, 4) is 0 Å². The van der Waals surface area contributed by atoms with Gasteiger partial charge in [-0.05, 0) is 43.4 Å². The van der Waals surface area contributed by atoms with E-state index in [9.17, 15) is 0 Å². The van der Waals surface area contributed by atoms with Crippen LogP contribution in [0.1, 0.15) is 63.0 Å². The van der Waals surface area contributed by atoms with Crippen LogP contribution in [0.2, 0.25) is 0 Å². The third kappa shape index (κ3) is 15.7. The van der Waals surface area contributed by atoms with Gasteiger partial charge in [0.25, 0.3) is 0 Å². The molecule has 0 heterocycles. The minimum absolute atomic E-state index is 0.300. The molecule has 140 valence electrons. The van der Waals surface area contributed by atoms with Crippen LogP contribution in [0.3, 0.4) is 0 Å². The Bertz CT molecular complexity index is 308. The second-order valence-corrected chi connectivity index (χ2v) is 5.59. The van der Waals surface area contributed by atoms with Gasteiger partial charge in [0.05, 0.1) is 0 Å². The van der Waals surface area contributed by atoms with Crippen LogP contribution < -0.4 is 5.32 Å². The molecule has 0 atom stereocenters. The van der Waals surface area contributed by atoms with E-state index in [-0.39, 0.29) is 0 Å². The normalized spacial score (nSPS) is 9.50. The Kier molecular flexibility index (Phi) is 22.7. The van der Waals surface area contributed by atoms with Crippen LogP contribution >= 0.6 is 0 Å². The maximum atomic E-state index is 8.70. The van der Waals surface area contributed by atoms with Crippen molar-refractivity contribution in [3.05, 3.63) is 35.4 Å². The molecule has 1 aromatic carbocycles. The Morgan fingerprint density at radius 1 is 0.875 bits per heavy atom. The predicted molar refractivity (Wildman–Crippen MR) is 102 cm³/mol. The van der Waals surface area contributed by atoms with Crippen molar-refractivity contribution >= 4 is 6.79 Å². The summed E-state index contributed by atoms with van der Waals surface area (Å²) in [6.45, 7) is 6.48. The van der Waals surface area contributed by atoms with E-state index < -0.39 is 0 Å². The Labute approximate surface area is 148 Å². The molecule has 3 N–H and O–H groups in total. The van der Waals surface area contributed by atoms with Crippen LogP contribution in [0.5, 0.6) is 0 Å². The number of unbranched alkanes of at least 4 members (excludes halogenated alkanes) is 5. The SMILES string of the molecule is C=O.CCCCCCCc1ccc(CNCCCCO)cc1.CO. The standard InChI is InChI=1S/C18H31NO.CH4O.CH2O/c1-2-3-4-5-6-9-17-10-12-18(13-11-17)16-19-14-7-8-15-20;2*1-2/h10-13,19-20H,2-9,14-16H2,1H3;2H,1H3;1H2. The van der Waals surface area contributed by atoms with Crippen LogP contribution in [0, 0.1) is 0 Å². The summed E-state index contributed by atoms with van der Waals surface area (Å²) in [4.78, 5) is 8.00. The van der Waals surface area contributed by atoms with Gasteiger partial charge >= 0.3 is 0 Å². The zero-order chi connectivity index (χ0) is 18.5. The molecule has 4 nitrogen and oxygen atoms in total. The summed E-state index contributed by atoms with van der Waals surface area (Å²) in [6, 6.07) is 9.01. The summed E-state index contributed by atoms with van der Waals surface area (Å²) in [5, 5.41) is 19.1. The zero-order valence-electron chi connectivity index (χ0n) is 15.6. The van der Waals surface area contributed by atoms with Crippen LogP contribution in [0.25, 0.3) is 0 Å². The van der Waals surface area contributed by atoms with Crippen LogP contribution in [-0.2, 0) is 17.8 Å². The molecular weight excluding hydrogens is 302 g/mol. The number of aliphatic hydroxyl groups excluding tert-OH is 2. The van der Waals surface area contributed by atoms with Crippen molar-refractivity contribution in [1.29, 1.82) is 0 Å². The van der Waals surface area contributed by atoms with Gasteiger partial charge in [-0.15, -0.1) is 0 Å². The molecular formula is C20H37NO3. The molecule has 0 bridgehead atoms. The molecule has 0 aliphatic heterocycles. The van der Waals surface area contributed by atoms with Gasteiger partial charge in [-0.1, -0.05) is 56.9 Å². The summed E-state index contributed by atoms with van der Waals surface area (Å²) in [6.07, 6.45) is 9.91. The second-order valence-electron chi connectivity index (χ2n) is 5.59. The molecule has 0 amide bonds. The van der Waals surface area contributed by atoms with Crippen molar-refractivity contribution in [2.24, 2.45) is 0 Å². The molecule has 0 aliphatic carbocycles. The lowest BCUT2D eigenvalue weighted by Crippen LogP contribution is -2.14. The van der Waals surface area contributed by atoms with Crippen LogP contribution in [0.15, 0.2) is 24.3 Å². The van der Waals surface area contributed by atoms with Crippen molar-refractivity contribution in [3.63, 3.8) is 0 Å². The first-order chi connectivity index (χ1) is 11.9. The van der Waals surface area contributed by atoms with E-state index in [1.807, 2.05) is 6.79 Å². The largest absolute Gasteiger partial charge is 0.400 e. The maximum Gasteiger partial charge on any atom is 0.106 e. The quantitative estimate of drug-likeness (QED) is 0.510. The fraction of sp³-hybridized carbons (Fsp3) is 0.650. The number of carbonyl (C=O) groups is 1. The van der Waals surface area contributed by atoms with Crippen molar-refractivity contribution in [2.45, 2.75) is 64.8 Å². The van der Waals surface area contributed by atoms with Gasteiger partial charge in [0.15, 0.2) is 0 Å². The summed E-state index contributed by atoms with van der Waals surface area (Å²) < 4.78 is 0. The van der Waals surface area contributed by atoms with Gasteiger partial charge in [-0.3, -0.25) is 0 Å². The lowest BCUT2D eigenvalue weighted by Gasteiger charge is -2.06. The highest BCUT2D eigenvalue weighted by Gasteiger charge is 1.96. The molecule has 0 aliphatic rings. The van der Waals surface area contributed by atoms with Gasteiger partial charge in [-0.2, -0.15) is 0 Å². The Morgan fingerprint density at radius 2 is 1.46 bits per heavy atom. The molecule has 0 saturated heterocycles. The van der Waals surface area contributed by atoms with E-state index >= 15 is 0 Å². The molecule has 0 aromatic heterocycles. The first-order valence-corrected chi connectivity index (χ1v) is 8.99. The predicted octanol–water partition coefficient (Wildman–Crippen LogP) is 3.49. The molecule has 0 spiro atoms. The number of aryl methyl sites for hydroxylation is 1. The van der Waals surface area contributed by atoms with Crippen molar-refractivity contribution in [2.75, 3.05) is 20.3 Å². The third-order valence-corrected chi connectivity index (χ3v) is 3.68. The number of rotatable bonds is 12. The minimum atomic E-state index is 0.300. The lowest BCUT2D eigenvalue weighted by molar-refractivity contribution is -0.0979. The average molecular weight is 340 g/mol. The van der Waals surface area contributed by atoms with Gasteiger partial charge in [0.1, 0.15) is 6.79 Å². The van der Waals surface area contributed by atoms with E-state index in [1.165, 1.54) is 49.7 Å². The average Bonchev–Trinajstić information content (AvgIpc) is 2.66. The number of benzene rings is 1. The van der Waals surface area contributed by atoms with Gasteiger partial charge in [-0.25, -0.2) is 0 Å². The molecule has 0 saturated carbocycles. The lowest BCUT2D eigenvalue weighted by atomic mass is 10.0. The number of carbonyl (C=O) groups excluding carboxylic acids is 1. The highest BCUT2D eigenvalue weighted by molar-refractivity contribution is 5.22.